The van der Waals surface area contributed by atoms with E-state index in [-0.39, 0.29) is 16.5 Å². The van der Waals surface area contributed by atoms with Crippen LogP contribution in [0.2, 0.25) is 0 Å². The van der Waals surface area contributed by atoms with Gasteiger partial charge in [0.15, 0.2) is 5.78 Å². The van der Waals surface area contributed by atoms with Gasteiger partial charge in [-0.05, 0) is 18.4 Å². The average Bonchev–Trinajstić information content (AvgIpc) is 2.97. The van der Waals surface area contributed by atoms with Crippen LogP contribution in [0.15, 0.2) is 23.6 Å². The molecule has 0 unspecified atom stereocenters. The van der Waals surface area contributed by atoms with Gasteiger partial charge in [-0.3, -0.25) is 14.9 Å². The maximum atomic E-state index is 11.2. The van der Waals surface area contributed by atoms with Crippen LogP contribution >= 0.6 is 22.7 Å². The highest BCUT2D eigenvalue weighted by Gasteiger charge is 2.22. The lowest BCUT2D eigenvalue weighted by Crippen LogP contribution is -2.00. The third-order valence-electron chi connectivity index (χ3n) is 2.39. The van der Waals surface area contributed by atoms with Crippen molar-refractivity contribution in [1.82, 2.24) is 0 Å². The summed E-state index contributed by atoms with van der Waals surface area (Å²) < 4.78 is 5.43. The molecule has 0 aliphatic carbocycles. The van der Waals surface area contributed by atoms with Gasteiger partial charge in [0.25, 0.3) is 5.06 Å². The van der Waals surface area contributed by atoms with Crippen molar-refractivity contribution in [2.75, 3.05) is 6.61 Å². The van der Waals surface area contributed by atoms with E-state index in [0.717, 1.165) is 16.2 Å². The van der Waals surface area contributed by atoms with E-state index in [4.69, 9.17) is 4.74 Å². The Morgan fingerprint density at radius 1 is 1.53 bits per heavy atom. The van der Waals surface area contributed by atoms with Crippen LogP contribution in [-0.4, -0.2) is 17.3 Å². The predicted molar refractivity (Wildman–Crippen MR) is 74.5 cm³/mol. The summed E-state index contributed by atoms with van der Waals surface area (Å²) in [6.07, 6.45) is 0.697. The molecular weight excluding hydrogens is 286 g/mol. The lowest BCUT2D eigenvalue weighted by atomic mass is 10.3. The van der Waals surface area contributed by atoms with Gasteiger partial charge >= 0.3 is 5.69 Å². The molecule has 0 atom stereocenters. The molecule has 2 aromatic rings. The zero-order valence-electron chi connectivity index (χ0n) is 10.1. The molecule has 0 aliphatic heterocycles. The highest BCUT2D eigenvalue weighted by molar-refractivity contribution is 7.16. The van der Waals surface area contributed by atoms with Crippen LogP contribution in [0, 0.1) is 10.1 Å². The Labute approximate surface area is 117 Å². The molecule has 0 aromatic carbocycles. The number of carbonyl (C=O) groups is 1. The minimum atomic E-state index is -0.524. The number of nitrogens with zero attached hydrogens (tertiary/aromatic N) is 1. The molecular formula is C12H11NO4S2. The summed E-state index contributed by atoms with van der Waals surface area (Å²) in [5.74, 6) is -0.193. The van der Waals surface area contributed by atoms with E-state index >= 15 is 0 Å². The molecule has 0 spiro atoms. The fourth-order valence-electron chi connectivity index (χ4n) is 1.47. The van der Waals surface area contributed by atoms with Crippen LogP contribution in [0.5, 0.6) is 5.06 Å². The van der Waals surface area contributed by atoms with Crippen molar-refractivity contribution < 1.29 is 14.5 Å². The van der Waals surface area contributed by atoms with Gasteiger partial charge in [0.2, 0.25) is 0 Å². The number of carbonyl (C=O) groups excluding carboxylic acids is 1. The zero-order valence-corrected chi connectivity index (χ0v) is 11.8. The summed E-state index contributed by atoms with van der Waals surface area (Å²) in [6, 6.07) is 5.20. The van der Waals surface area contributed by atoms with Crippen molar-refractivity contribution in [3.8, 4) is 5.06 Å². The zero-order chi connectivity index (χ0) is 13.8. The lowest BCUT2D eigenvalue weighted by Gasteiger charge is -2.01. The van der Waals surface area contributed by atoms with E-state index in [1.807, 2.05) is 17.5 Å². The Kier molecular flexibility index (Phi) is 4.28. The number of rotatable bonds is 6. The topological polar surface area (TPSA) is 69.4 Å². The maximum Gasteiger partial charge on any atom is 0.323 e. The van der Waals surface area contributed by atoms with Gasteiger partial charge in [-0.25, -0.2) is 0 Å². The van der Waals surface area contributed by atoms with Crippen molar-refractivity contribution >= 4 is 34.1 Å². The summed E-state index contributed by atoms with van der Waals surface area (Å²) in [5, 5.41) is 13.0. The number of ketones is 1. The third-order valence-corrected chi connectivity index (χ3v) is 4.46. The molecule has 2 aromatic heterocycles. The second-order valence-electron chi connectivity index (χ2n) is 3.77. The van der Waals surface area contributed by atoms with Crippen LogP contribution in [0.25, 0.3) is 0 Å². The van der Waals surface area contributed by atoms with Gasteiger partial charge in [0.05, 0.1) is 16.4 Å². The Morgan fingerprint density at radius 2 is 2.32 bits per heavy atom. The molecule has 5 nitrogen and oxygen atoms in total. The van der Waals surface area contributed by atoms with E-state index in [1.165, 1.54) is 13.0 Å². The second-order valence-corrected chi connectivity index (χ2v) is 5.82. The predicted octanol–water partition coefficient (Wildman–Crippen LogP) is 3.54. The summed E-state index contributed by atoms with van der Waals surface area (Å²) >= 11 is 2.64. The SMILES string of the molecule is CC(=O)c1cc([N+](=O)[O-])c(OCCc2cccs2)s1. The first-order valence-corrected chi connectivity index (χ1v) is 7.22. The minimum absolute atomic E-state index is 0.138. The summed E-state index contributed by atoms with van der Waals surface area (Å²) in [5.41, 5.74) is -0.138. The van der Waals surface area contributed by atoms with Crippen LogP contribution in [-0.2, 0) is 6.42 Å². The van der Waals surface area contributed by atoms with E-state index < -0.39 is 4.92 Å². The first kappa shape index (κ1) is 13.7. The summed E-state index contributed by atoms with van der Waals surface area (Å²) in [7, 11) is 0. The molecule has 0 radical (unpaired) electrons. The number of hydrogen-bond acceptors (Lipinski definition) is 6. The van der Waals surface area contributed by atoms with Gasteiger partial charge in [0.1, 0.15) is 0 Å². The fraction of sp³-hybridized carbons (Fsp3) is 0.250. The monoisotopic (exact) mass is 297 g/mol. The fourth-order valence-corrected chi connectivity index (χ4v) is 3.05. The van der Waals surface area contributed by atoms with E-state index in [2.05, 4.69) is 0 Å². The Bertz CT molecular complexity index is 589. The van der Waals surface area contributed by atoms with Crippen LogP contribution in [0.1, 0.15) is 21.5 Å². The average molecular weight is 297 g/mol. The first-order chi connectivity index (χ1) is 9.08. The molecule has 0 N–H and O–H groups in total. The van der Waals surface area contributed by atoms with Crippen LogP contribution in [0.4, 0.5) is 5.69 Å². The summed E-state index contributed by atoms with van der Waals surface area (Å²) in [4.78, 5) is 23.1. The number of ether oxygens (including phenoxy) is 1. The Balaban J connectivity index is 2.06. The molecule has 0 saturated heterocycles. The number of thiophene rings is 2. The van der Waals surface area contributed by atoms with Gasteiger partial charge in [0, 0.05) is 17.4 Å². The Hall–Kier alpha value is -1.73. The quantitative estimate of drug-likeness (QED) is 0.464. The van der Waals surface area contributed by atoms with E-state index in [1.54, 1.807) is 11.3 Å². The van der Waals surface area contributed by atoms with Gasteiger partial charge < -0.3 is 4.74 Å². The highest BCUT2D eigenvalue weighted by Crippen LogP contribution is 2.37. The molecule has 0 fully saturated rings. The molecule has 0 amide bonds. The highest BCUT2D eigenvalue weighted by atomic mass is 32.1. The minimum Gasteiger partial charge on any atom is -0.479 e. The van der Waals surface area contributed by atoms with Gasteiger partial charge in [-0.2, -0.15) is 0 Å². The second kappa shape index (κ2) is 5.94. The smallest absolute Gasteiger partial charge is 0.323 e. The van der Waals surface area contributed by atoms with Gasteiger partial charge in [-0.1, -0.05) is 17.4 Å². The van der Waals surface area contributed by atoms with Crippen molar-refractivity contribution in [2.24, 2.45) is 0 Å². The maximum absolute atomic E-state index is 11.2. The first-order valence-electron chi connectivity index (χ1n) is 5.52. The van der Waals surface area contributed by atoms with Crippen molar-refractivity contribution in [3.63, 3.8) is 0 Å². The van der Waals surface area contributed by atoms with Gasteiger partial charge in [-0.15, -0.1) is 11.3 Å². The number of nitro groups is 1. The normalized spacial score (nSPS) is 10.4. The molecule has 19 heavy (non-hydrogen) atoms. The number of hydrogen-bond donors (Lipinski definition) is 0. The standard InChI is InChI=1S/C12H11NO4S2/c1-8(14)11-7-10(13(15)16)12(19-11)17-5-4-9-3-2-6-18-9/h2-3,6-7H,4-5H2,1H3. The van der Waals surface area contributed by atoms with Crippen LogP contribution < -0.4 is 4.74 Å². The van der Waals surface area contributed by atoms with Crippen molar-refractivity contribution in [3.05, 3.63) is 43.4 Å². The molecule has 2 rings (SSSR count). The summed E-state index contributed by atoms with van der Waals surface area (Å²) in [6.45, 7) is 1.74. The van der Waals surface area contributed by atoms with Crippen LogP contribution in [0.3, 0.4) is 0 Å². The van der Waals surface area contributed by atoms with Crippen molar-refractivity contribution in [2.45, 2.75) is 13.3 Å². The molecule has 7 heteroatoms. The molecule has 0 aliphatic rings. The molecule has 0 saturated carbocycles. The number of Topliss-reactive ketones (excluding diaryl/α,β-unsaturated/α-hetero) is 1. The van der Waals surface area contributed by atoms with E-state index in [0.29, 0.717) is 17.9 Å². The lowest BCUT2D eigenvalue weighted by molar-refractivity contribution is -0.385. The third kappa shape index (κ3) is 3.39. The Morgan fingerprint density at radius 3 is 2.89 bits per heavy atom. The molecule has 0 bridgehead atoms. The molecule has 100 valence electrons. The molecule has 2 heterocycles. The largest absolute Gasteiger partial charge is 0.479 e. The van der Waals surface area contributed by atoms with Crippen molar-refractivity contribution in [1.29, 1.82) is 0 Å². The van der Waals surface area contributed by atoms with E-state index in [9.17, 15) is 14.9 Å².